The Bertz CT molecular complexity index is 890. The zero-order valence-corrected chi connectivity index (χ0v) is 16.9. The number of aryl methyl sites for hydroxylation is 2. The van der Waals surface area contributed by atoms with Gasteiger partial charge in [-0.25, -0.2) is 10.6 Å². The molecule has 0 aliphatic carbocycles. The molecule has 2 aromatic carbocycles. The number of hydrogen-bond acceptors (Lipinski definition) is 6. The molecule has 0 fully saturated rings. The Balaban J connectivity index is 2.67. The van der Waals surface area contributed by atoms with Crippen molar-refractivity contribution in [3.05, 3.63) is 62.8 Å². The van der Waals surface area contributed by atoms with E-state index in [0.717, 1.165) is 16.1 Å². The molecule has 0 aliphatic rings. The smallest absolute Gasteiger partial charge is 0.358 e. The van der Waals surface area contributed by atoms with Gasteiger partial charge in [0.05, 0.1) is 28.7 Å². The average molecular weight is 409 g/mol. The Kier molecular flexibility index (Phi) is 6.59. The van der Waals surface area contributed by atoms with Gasteiger partial charge < -0.3 is 16.2 Å². The van der Waals surface area contributed by atoms with Gasteiger partial charge in [0.2, 0.25) is 0 Å². The van der Waals surface area contributed by atoms with Crippen molar-refractivity contribution in [1.82, 2.24) is 0 Å². The number of carbonyl (C=O) groups is 1. The summed E-state index contributed by atoms with van der Waals surface area (Å²) < 4.78 is 5.14. The second-order valence-corrected chi connectivity index (χ2v) is 6.82. The lowest BCUT2D eigenvalue weighted by atomic mass is 10.0. The molecule has 0 bridgehead atoms. The predicted molar refractivity (Wildman–Crippen MR) is 111 cm³/mol. The van der Waals surface area contributed by atoms with E-state index < -0.39 is 5.97 Å². The summed E-state index contributed by atoms with van der Waals surface area (Å²) in [5.74, 6) is 5.52. The minimum Gasteiger partial charge on any atom is -0.461 e. The number of benzene rings is 2. The number of hydrazine groups is 1. The normalized spacial score (nSPS) is 11.8. The first-order valence-electron chi connectivity index (χ1n) is 8.21. The molecule has 8 heteroatoms. The lowest BCUT2D eigenvalue weighted by Crippen LogP contribution is -2.37. The number of esters is 1. The van der Waals surface area contributed by atoms with Gasteiger partial charge in [0.25, 0.3) is 0 Å². The maximum absolute atomic E-state index is 12.6. The molecule has 0 spiro atoms. The number of carbonyl (C=O) groups excluding carboxylic acids is 1. The van der Waals surface area contributed by atoms with E-state index in [-0.39, 0.29) is 34.4 Å². The van der Waals surface area contributed by atoms with Gasteiger partial charge in [-0.2, -0.15) is 0 Å². The summed E-state index contributed by atoms with van der Waals surface area (Å²) in [6.45, 7) is 5.77. The Morgan fingerprint density at radius 1 is 1.15 bits per heavy atom. The van der Waals surface area contributed by atoms with Crippen LogP contribution in [0.4, 0.5) is 11.4 Å². The third kappa shape index (κ3) is 4.47. The van der Waals surface area contributed by atoms with E-state index in [2.05, 4.69) is 0 Å². The maximum atomic E-state index is 12.6. The highest BCUT2D eigenvalue weighted by molar-refractivity contribution is 6.37. The molecule has 0 heterocycles. The van der Waals surface area contributed by atoms with E-state index in [9.17, 15) is 4.79 Å². The fourth-order valence-corrected chi connectivity index (χ4v) is 3.14. The second kappa shape index (κ2) is 8.52. The van der Waals surface area contributed by atoms with Crippen LogP contribution in [0.3, 0.4) is 0 Å². The first-order chi connectivity index (χ1) is 12.7. The summed E-state index contributed by atoms with van der Waals surface area (Å²) in [5.41, 5.74) is 15.5. The molecule has 0 aliphatic heterocycles. The van der Waals surface area contributed by atoms with Crippen LogP contribution in [-0.2, 0) is 9.53 Å². The summed E-state index contributed by atoms with van der Waals surface area (Å²) in [6, 6.07) is 8.54. The molecule has 2 aromatic rings. The maximum Gasteiger partial charge on any atom is 0.358 e. The van der Waals surface area contributed by atoms with Crippen molar-refractivity contribution in [3.63, 3.8) is 0 Å². The molecule has 0 aromatic heterocycles. The number of halogens is 2. The zero-order valence-electron chi connectivity index (χ0n) is 15.3. The van der Waals surface area contributed by atoms with E-state index in [4.69, 9.17) is 45.2 Å². The van der Waals surface area contributed by atoms with Gasteiger partial charge in [0.15, 0.2) is 5.70 Å². The van der Waals surface area contributed by atoms with E-state index in [1.165, 1.54) is 12.1 Å². The van der Waals surface area contributed by atoms with Crippen LogP contribution in [-0.4, -0.2) is 12.6 Å². The molecule has 0 saturated carbocycles. The number of anilines is 2. The van der Waals surface area contributed by atoms with Crippen LogP contribution in [0.2, 0.25) is 10.0 Å². The number of rotatable bonds is 5. The second-order valence-electron chi connectivity index (χ2n) is 5.98. The van der Waals surface area contributed by atoms with Crippen LogP contribution >= 0.6 is 23.2 Å². The van der Waals surface area contributed by atoms with Crippen molar-refractivity contribution in [2.75, 3.05) is 17.3 Å². The van der Waals surface area contributed by atoms with Crippen LogP contribution < -0.4 is 22.3 Å². The zero-order chi connectivity index (χ0) is 20.3. The van der Waals surface area contributed by atoms with Crippen molar-refractivity contribution in [1.29, 1.82) is 0 Å². The Labute approximate surface area is 168 Å². The van der Waals surface area contributed by atoms with Crippen LogP contribution in [0.5, 0.6) is 0 Å². The fourth-order valence-electron chi connectivity index (χ4n) is 2.54. The van der Waals surface area contributed by atoms with Gasteiger partial charge in [-0.15, -0.1) is 0 Å². The van der Waals surface area contributed by atoms with Crippen LogP contribution in [0.15, 0.2) is 36.0 Å². The Hall–Kier alpha value is -2.41. The molecule has 6 N–H and O–H groups in total. The van der Waals surface area contributed by atoms with Crippen molar-refractivity contribution in [2.45, 2.75) is 20.8 Å². The van der Waals surface area contributed by atoms with Gasteiger partial charge in [-0.05, 0) is 50.1 Å². The van der Waals surface area contributed by atoms with Gasteiger partial charge in [-0.1, -0.05) is 35.3 Å². The topological polar surface area (TPSA) is 108 Å². The summed E-state index contributed by atoms with van der Waals surface area (Å²) >= 11 is 12.2. The third-order valence-electron chi connectivity index (χ3n) is 4.08. The van der Waals surface area contributed by atoms with E-state index in [1.54, 1.807) is 13.0 Å². The standard InChI is InChI=1S/C19H22Cl2N4O2/c1-4-27-19(26)18(16(23)12-6-5-10(2)11(3)7-12)25(24)17-14(21)8-13(20)9-15(17)22/h5-9H,4,22-24H2,1-3H3/b18-16+. The summed E-state index contributed by atoms with van der Waals surface area (Å²) in [6.07, 6.45) is 0. The number of nitrogens with two attached hydrogens (primary N) is 3. The van der Waals surface area contributed by atoms with Crippen molar-refractivity contribution in [2.24, 2.45) is 11.6 Å². The van der Waals surface area contributed by atoms with Gasteiger partial charge >= 0.3 is 5.97 Å². The molecule has 0 saturated heterocycles. The van der Waals surface area contributed by atoms with Crippen molar-refractivity contribution in [3.8, 4) is 0 Å². The molecule has 6 nitrogen and oxygen atoms in total. The Morgan fingerprint density at radius 2 is 1.81 bits per heavy atom. The molecular weight excluding hydrogens is 387 g/mol. The molecule has 0 radical (unpaired) electrons. The summed E-state index contributed by atoms with van der Waals surface area (Å²) in [4.78, 5) is 12.6. The highest BCUT2D eigenvalue weighted by Crippen LogP contribution is 2.36. The quantitative estimate of drug-likeness (QED) is 0.228. The average Bonchev–Trinajstić information content (AvgIpc) is 2.56. The number of nitrogen functional groups attached to an aromatic ring is 1. The van der Waals surface area contributed by atoms with Gasteiger partial charge in [0, 0.05) is 10.6 Å². The minimum absolute atomic E-state index is 0.0731. The summed E-state index contributed by atoms with van der Waals surface area (Å²) in [7, 11) is 0. The minimum atomic E-state index is -0.693. The number of hydrogen-bond donors (Lipinski definition) is 3. The first kappa shape index (κ1) is 20.9. The third-order valence-corrected chi connectivity index (χ3v) is 4.59. The number of nitrogens with zero attached hydrogens (tertiary/aromatic N) is 1. The van der Waals surface area contributed by atoms with E-state index >= 15 is 0 Å². The molecule has 0 unspecified atom stereocenters. The first-order valence-corrected chi connectivity index (χ1v) is 8.96. The highest BCUT2D eigenvalue weighted by atomic mass is 35.5. The van der Waals surface area contributed by atoms with Gasteiger partial charge in [0.1, 0.15) is 0 Å². The van der Waals surface area contributed by atoms with Crippen molar-refractivity contribution < 1.29 is 9.53 Å². The SMILES string of the molecule is CCOC(=O)/C(=C(\N)c1ccc(C)c(C)c1)N(N)c1c(N)cc(Cl)cc1Cl. The molecule has 0 amide bonds. The van der Waals surface area contributed by atoms with Crippen LogP contribution in [0, 0.1) is 13.8 Å². The molecule has 27 heavy (non-hydrogen) atoms. The van der Waals surface area contributed by atoms with Crippen LogP contribution in [0.1, 0.15) is 23.6 Å². The van der Waals surface area contributed by atoms with Gasteiger partial charge in [-0.3, -0.25) is 5.01 Å². The lowest BCUT2D eigenvalue weighted by molar-refractivity contribution is -0.138. The molecule has 144 valence electrons. The fraction of sp³-hybridized carbons (Fsp3) is 0.211. The number of ether oxygens (including phenoxy) is 1. The highest BCUT2D eigenvalue weighted by Gasteiger charge is 2.26. The Morgan fingerprint density at radius 3 is 2.37 bits per heavy atom. The molecular formula is C19H22Cl2N4O2. The monoisotopic (exact) mass is 408 g/mol. The van der Waals surface area contributed by atoms with Crippen LogP contribution in [0.25, 0.3) is 5.70 Å². The lowest BCUT2D eigenvalue weighted by Gasteiger charge is -2.25. The molecule has 0 atom stereocenters. The predicted octanol–water partition coefficient (Wildman–Crippen LogP) is 3.76. The van der Waals surface area contributed by atoms with E-state index in [0.29, 0.717) is 10.6 Å². The molecule has 2 rings (SSSR count). The largest absolute Gasteiger partial charge is 0.461 e. The summed E-state index contributed by atoms with van der Waals surface area (Å²) in [5, 5.41) is 1.56. The van der Waals surface area contributed by atoms with E-state index in [1.807, 2.05) is 26.0 Å². The van der Waals surface area contributed by atoms with Crippen molar-refractivity contribution >= 4 is 46.2 Å².